The van der Waals surface area contributed by atoms with Crippen LogP contribution >= 0.6 is 0 Å². The Morgan fingerprint density at radius 1 is 1.31 bits per heavy atom. The molecule has 6 nitrogen and oxygen atoms in total. The number of ether oxygens (including phenoxy) is 2. The van der Waals surface area contributed by atoms with Gasteiger partial charge in [-0.2, -0.15) is 0 Å². The van der Waals surface area contributed by atoms with Crippen LogP contribution in [0.25, 0.3) is 0 Å². The molecule has 1 aliphatic rings. The van der Waals surface area contributed by atoms with E-state index in [9.17, 15) is 14.7 Å². The SMILES string of the molecule is C=C1C(=O)OC(/C=C(\C)CO)C1C(C/C(C)=C/CO)OC(=O)C(C)=CC. The topological polar surface area (TPSA) is 93.1 Å². The minimum atomic E-state index is -0.688. The fourth-order valence-corrected chi connectivity index (χ4v) is 2.66. The summed E-state index contributed by atoms with van der Waals surface area (Å²) in [6.45, 7) is 10.4. The average molecular weight is 364 g/mol. The predicted octanol–water partition coefficient (Wildman–Crippen LogP) is 2.23. The van der Waals surface area contributed by atoms with Crippen LogP contribution in [0.15, 0.2) is 47.1 Å². The molecule has 0 spiro atoms. The van der Waals surface area contributed by atoms with Gasteiger partial charge in [-0.15, -0.1) is 0 Å². The van der Waals surface area contributed by atoms with Crippen LogP contribution in [0.3, 0.4) is 0 Å². The standard InChI is InChI=1S/C20H28O6/c1-6-14(4)19(23)25-16(9-12(2)7-8-21)18-15(5)20(24)26-17(18)10-13(3)11-22/h6-7,10,16-18,21-22H,5,8-9,11H2,1-4H3/b12-7+,13-10+,14-6?. The van der Waals surface area contributed by atoms with Crippen molar-refractivity contribution in [2.24, 2.45) is 5.92 Å². The van der Waals surface area contributed by atoms with E-state index in [2.05, 4.69) is 6.58 Å². The molecule has 0 radical (unpaired) electrons. The van der Waals surface area contributed by atoms with Crippen LogP contribution in [-0.2, 0) is 19.1 Å². The molecule has 1 rings (SSSR count). The fourth-order valence-electron chi connectivity index (χ4n) is 2.66. The first kappa shape index (κ1) is 21.9. The van der Waals surface area contributed by atoms with Gasteiger partial charge in [-0.25, -0.2) is 9.59 Å². The van der Waals surface area contributed by atoms with Gasteiger partial charge >= 0.3 is 11.9 Å². The van der Waals surface area contributed by atoms with E-state index >= 15 is 0 Å². The first-order valence-corrected chi connectivity index (χ1v) is 8.53. The van der Waals surface area contributed by atoms with E-state index in [-0.39, 0.29) is 18.8 Å². The molecule has 2 N–H and O–H groups in total. The molecule has 0 bridgehead atoms. The van der Waals surface area contributed by atoms with Crippen LogP contribution in [-0.4, -0.2) is 47.6 Å². The number of hydrogen-bond acceptors (Lipinski definition) is 6. The summed E-state index contributed by atoms with van der Waals surface area (Å²) >= 11 is 0. The summed E-state index contributed by atoms with van der Waals surface area (Å²) in [5, 5.41) is 18.3. The predicted molar refractivity (Wildman–Crippen MR) is 98.1 cm³/mol. The Morgan fingerprint density at radius 2 is 1.96 bits per heavy atom. The third kappa shape index (κ3) is 5.68. The van der Waals surface area contributed by atoms with Gasteiger partial charge in [-0.1, -0.05) is 24.3 Å². The van der Waals surface area contributed by atoms with E-state index in [1.54, 1.807) is 39.0 Å². The van der Waals surface area contributed by atoms with Crippen molar-refractivity contribution in [1.82, 2.24) is 0 Å². The van der Waals surface area contributed by atoms with Crippen molar-refractivity contribution in [2.75, 3.05) is 13.2 Å². The summed E-state index contributed by atoms with van der Waals surface area (Å²) in [6.07, 6.45) is 3.88. The second kappa shape index (κ2) is 10.1. The van der Waals surface area contributed by atoms with Gasteiger partial charge in [0.25, 0.3) is 0 Å². The van der Waals surface area contributed by atoms with E-state index in [1.807, 2.05) is 6.92 Å². The van der Waals surface area contributed by atoms with Crippen LogP contribution in [0.4, 0.5) is 0 Å². The van der Waals surface area contributed by atoms with Gasteiger partial charge in [0.2, 0.25) is 0 Å². The Hall–Kier alpha value is -2.18. The van der Waals surface area contributed by atoms with Crippen molar-refractivity contribution in [3.05, 3.63) is 47.1 Å². The molecule has 0 saturated carbocycles. The van der Waals surface area contributed by atoms with Crippen LogP contribution in [0.5, 0.6) is 0 Å². The number of aliphatic hydroxyl groups excluding tert-OH is 2. The second-order valence-electron chi connectivity index (χ2n) is 6.44. The maximum atomic E-state index is 12.3. The molecule has 1 saturated heterocycles. The zero-order valence-electron chi connectivity index (χ0n) is 15.8. The van der Waals surface area contributed by atoms with Crippen molar-refractivity contribution >= 4 is 11.9 Å². The van der Waals surface area contributed by atoms with Gasteiger partial charge in [0.15, 0.2) is 0 Å². The highest BCUT2D eigenvalue weighted by Gasteiger charge is 2.44. The maximum Gasteiger partial charge on any atom is 0.334 e. The van der Waals surface area contributed by atoms with Gasteiger partial charge < -0.3 is 19.7 Å². The van der Waals surface area contributed by atoms with Crippen LogP contribution in [0.1, 0.15) is 34.1 Å². The number of carbonyl (C=O) groups excluding carboxylic acids is 2. The van der Waals surface area contributed by atoms with Gasteiger partial charge in [0.05, 0.1) is 19.1 Å². The van der Waals surface area contributed by atoms with E-state index in [4.69, 9.17) is 14.6 Å². The van der Waals surface area contributed by atoms with Crippen molar-refractivity contribution in [3.63, 3.8) is 0 Å². The zero-order chi connectivity index (χ0) is 19.9. The monoisotopic (exact) mass is 364 g/mol. The minimum absolute atomic E-state index is 0.131. The number of cyclic esters (lactones) is 1. The molecule has 1 aliphatic heterocycles. The smallest absolute Gasteiger partial charge is 0.334 e. The molecule has 1 heterocycles. The lowest BCUT2D eigenvalue weighted by Crippen LogP contribution is -2.33. The van der Waals surface area contributed by atoms with Crippen molar-refractivity contribution in [2.45, 2.75) is 46.3 Å². The Labute approximate surface area is 154 Å². The molecular weight excluding hydrogens is 336 g/mol. The Bertz CT molecular complexity index is 641. The first-order valence-electron chi connectivity index (χ1n) is 8.53. The summed E-state index contributed by atoms with van der Waals surface area (Å²) < 4.78 is 11.0. The molecule has 0 aromatic heterocycles. The lowest BCUT2D eigenvalue weighted by molar-refractivity contribution is -0.147. The molecule has 0 aliphatic carbocycles. The third-order valence-electron chi connectivity index (χ3n) is 4.34. The molecule has 0 aromatic carbocycles. The molecule has 26 heavy (non-hydrogen) atoms. The molecule has 144 valence electrons. The molecule has 0 amide bonds. The molecule has 0 aromatic rings. The van der Waals surface area contributed by atoms with Crippen LogP contribution in [0, 0.1) is 5.92 Å². The lowest BCUT2D eigenvalue weighted by atomic mass is 9.86. The highest BCUT2D eigenvalue weighted by atomic mass is 16.6. The van der Waals surface area contributed by atoms with E-state index in [1.165, 1.54) is 0 Å². The van der Waals surface area contributed by atoms with Crippen molar-refractivity contribution < 1.29 is 29.3 Å². The zero-order valence-corrected chi connectivity index (χ0v) is 15.8. The van der Waals surface area contributed by atoms with E-state index < -0.39 is 30.1 Å². The lowest BCUT2D eigenvalue weighted by Gasteiger charge is -2.26. The molecule has 1 fully saturated rings. The van der Waals surface area contributed by atoms with Gasteiger partial charge in [0.1, 0.15) is 12.2 Å². The number of carbonyl (C=O) groups is 2. The second-order valence-corrected chi connectivity index (χ2v) is 6.44. The number of hydrogen-bond donors (Lipinski definition) is 2. The van der Waals surface area contributed by atoms with Gasteiger partial charge in [0, 0.05) is 17.6 Å². The summed E-state index contributed by atoms with van der Waals surface area (Å²) in [7, 11) is 0. The quantitative estimate of drug-likeness (QED) is 0.390. The Kier molecular flexibility index (Phi) is 8.48. The number of allylic oxidation sites excluding steroid dienone is 1. The largest absolute Gasteiger partial charge is 0.458 e. The Morgan fingerprint density at radius 3 is 2.50 bits per heavy atom. The maximum absolute atomic E-state index is 12.3. The van der Waals surface area contributed by atoms with Crippen LogP contribution in [0.2, 0.25) is 0 Å². The van der Waals surface area contributed by atoms with E-state index in [0.29, 0.717) is 17.6 Å². The highest BCUT2D eigenvalue weighted by Crippen LogP contribution is 2.35. The molecule has 6 heteroatoms. The van der Waals surface area contributed by atoms with Crippen molar-refractivity contribution in [1.29, 1.82) is 0 Å². The summed E-state index contributed by atoms with van der Waals surface area (Å²) in [5.74, 6) is -1.60. The average Bonchev–Trinajstić information content (AvgIpc) is 2.87. The summed E-state index contributed by atoms with van der Waals surface area (Å²) in [4.78, 5) is 24.3. The van der Waals surface area contributed by atoms with Crippen molar-refractivity contribution in [3.8, 4) is 0 Å². The number of rotatable bonds is 8. The molecular formula is C20H28O6. The fraction of sp³-hybridized carbons (Fsp3) is 0.500. The summed E-state index contributed by atoms with van der Waals surface area (Å²) in [5.41, 5.74) is 2.13. The Balaban J connectivity index is 3.22. The minimum Gasteiger partial charge on any atom is -0.458 e. The number of aliphatic hydroxyl groups is 2. The van der Waals surface area contributed by atoms with E-state index in [0.717, 1.165) is 5.57 Å². The normalized spacial score (nSPS) is 23.1. The number of esters is 2. The van der Waals surface area contributed by atoms with Gasteiger partial charge in [-0.3, -0.25) is 0 Å². The highest BCUT2D eigenvalue weighted by molar-refractivity contribution is 5.92. The summed E-state index contributed by atoms with van der Waals surface area (Å²) in [6, 6.07) is 0. The van der Waals surface area contributed by atoms with Gasteiger partial charge in [-0.05, 0) is 39.3 Å². The third-order valence-corrected chi connectivity index (χ3v) is 4.34. The first-order chi connectivity index (χ1) is 12.2. The molecule has 3 unspecified atom stereocenters. The van der Waals surface area contributed by atoms with Crippen LogP contribution < -0.4 is 0 Å². The molecule has 3 atom stereocenters.